The van der Waals surface area contributed by atoms with Gasteiger partial charge in [0.25, 0.3) is 0 Å². The fraction of sp³-hybridized carbons (Fsp3) is 0.312. The minimum Gasteiger partial charge on any atom is -0.228 e. The van der Waals surface area contributed by atoms with E-state index in [1.165, 1.54) is 5.56 Å². The molecule has 0 atom stereocenters. The third-order valence-electron chi connectivity index (χ3n) is 8.59. The van der Waals surface area contributed by atoms with Gasteiger partial charge in [0.05, 0.1) is 11.4 Å². The maximum atomic E-state index is 4.95. The van der Waals surface area contributed by atoms with Gasteiger partial charge in [0, 0.05) is 22.1 Å². The monoisotopic (exact) mass is 448 g/mol. The molecule has 0 bridgehead atoms. The second kappa shape index (κ2) is 8.83. The summed E-state index contributed by atoms with van der Waals surface area (Å²) in [6, 6.07) is 31.7. The van der Waals surface area contributed by atoms with Crippen molar-refractivity contribution in [3.63, 3.8) is 0 Å². The topological polar surface area (TPSA) is 25.8 Å². The van der Waals surface area contributed by atoms with Gasteiger partial charge in [0.15, 0.2) is 5.82 Å². The fourth-order valence-electron chi connectivity index (χ4n) is 5.36. The molecule has 2 nitrogen and oxygen atoms in total. The lowest BCUT2D eigenvalue weighted by molar-refractivity contribution is 0.457. The van der Waals surface area contributed by atoms with Crippen LogP contribution < -0.4 is 0 Å². The van der Waals surface area contributed by atoms with Crippen molar-refractivity contribution in [2.45, 2.75) is 53.9 Å². The lowest BCUT2D eigenvalue weighted by Crippen LogP contribution is -2.11. The molecule has 5 rings (SSSR count). The van der Waals surface area contributed by atoms with Crippen LogP contribution in [-0.4, -0.2) is 9.97 Å². The van der Waals surface area contributed by atoms with Crippen LogP contribution in [0.4, 0.5) is 0 Å². The van der Waals surface area contributed by atoms with Crippen LogP contribution in [0.5, 0.6) is 0 Å². The standard InChI is InChI=1S/C30H30N2.C2H6/c1-28(2)29(3,4)30(28,5)24-18-16-23(17-19-24)27-31-25(21-12-8-6-9-13-21)20-26(32-27)22-14-10-7-11-15-22;1-2/h6-20H,1-5H3;1-2H3. The first-order chi connectivity index (χ1) is 16.3. The minimum atomic E-state index is 0.167. The van der Waals surface area contributed by atoms with Crippen molar-refractivity contribution in [2.24, 2.45) is 10.8 Å². The van der Waals surface area contributed by atoms with Crippen LogP contribution in [0, 0.1) is 10.8 Å². The van der Waals surface area contributed by atoms with Crippen molar-refractivity contribution in [2.75, 3.05) is 0 Å². The summed E-state index contributed by atoms with van der Waals surface area (Å²) >= 11 is 0. The van der Waals surface area contributed by atoms with Crippen molar-refractivity contribution in [1.82, 2.24) is 9.97 Å². The van der Waals surface area contributed by atoms with Gasteiger partial charge in [-0.15, -0.1) is 0 Å². The molecule has 1 fully saturated rings. The molecule has 4 aromatic rings. The third-order valence-corrected chi connectivity index (χ3v) is 8.59. The summed E-state index contributed by atoms with van der Waals surface area (Å²) in [5, 5.41) is 0. The predicted molar refractivity (Wildman–Crippen MR) is 145 cm³/mol. The summed E-state index contributed by atoms with van der Waals surface area (Å²) in [6.45, 7) is 15.9. The van der Waals surface area contributed by atoms with Crippen LogP contribution in [0.25, 0.3) is 33.9 Å². The maximum absolute atomic E-state index is 4.95. The molecule has 34 heavy (non-hydrogen) atoms. The molecule has 0 N–H and O–H groups in total. The molecule has 0 aliphatic heterocycles. The quantitative estimate of drug-likeness (QED) is 0.312. The van der Waals surface area contributed by atoms with E-state index >= 15 is 0 Å². The van der Waals surface area contributed by atoms with Gasteiger partial charge in [-0.25, -0.2) is 9.97 Å². The van der Waals surface area contributed by atoms with E-state index in [4.69, 9.17) is 9.97 Å². The summed E-state index contributed by atoms with van der Waals surface area (Å²) in [5.74, 6) is 0.760. The van der Waals surface area contributed by atoms with Crippen LogP contribution >= 0.6 is 0 Å². The maximum Gasteiger partial charge on any atom is 0.160 e. The molecule has 1 aliphatic rings. The Kier molecular flexibility index (Phi) is 6.20. The number of nitrogens with zero attached hydrogens (tertiary/aromatic N) is 2. The number of benzene rings is 3. The number of hydrogen-bond donors (Lipinski definition) is 0. The number of hydrogen-bond acceptors (Lipinski definition) is 2. The van der Waals surface area contributed by atoms with Gasteiger partial charge >= 0.3 is 0 Å². The molecule has 0 spiro atoms. The van der Waals surface area contributed by atoms with Crippen LogP contribution in [0.1, 0.15) is 54.0 Å². The van der Waals surface area contributed by atoms with Crippen molar-refractivity contribution in [3.8, 4) is 33.9 Å². The Labute approximate surface area is 205 Å². The second-order valence-corrected chi connectivity index (χ2v) is 10.1. The van der Waals surface area contributed by atoms with E-state index in [0.29, 0.717) is 0 Å². The zero-order valence-electron chi connectivity index (χ0n) is 21.6. The summed E-state index contributed by atoms with van der Waals surface area (Å²) in [7, 11) is 0. The molecule has 1 heterocycles. The molecule has 174 valence electrons. The molecule has 3 aromatic carbocycles. The first-order valence-electron chi connectivity index (χ1n) is 12.4. The Hall–Kier alpha value is -3.26. The molecular formula is C32H36N2. The van der Waals surface area contributed by atoms with Gasteiger partial charge in [0.2, 0.25) is 0 Å². The molecule has 0 radical (unpaired) electrons. The molecule has 1 aliphatic carbocycles. The van der Waals surface area contributed by atoms with E-state index < -0.39 is 0 Å². The van der Waals surface area contributed by atoms with Crippen LogP contribution in [0.15, 0.2) is 91.0 Å². The summed E-state index contributed by atoms with van der Waals surface area (Å²) in [6.07, 6.45) is 0. The molecule has 0 unspecified atom stereocenters. The van der Waals surface area contributed by atoms with E-state index in [1.807, 2.05) is 50.2 Å². The highest BCUT2D eigenvalue weighted by molar-refractivity contribution is 5.71. The normalized spacial score (nSPS) is 16.8. The molecular weight excluding hydrogens is 412 g/mol. The van der Waals surface area contributed by atoms with E-state index in [9.17, 15) is 0 Å². The van der Waals surface area contributed by atoms with Crippen molar-refractivity contribution in [1.29, 1.82) is 0 Å². The highest BCUT2D eigenvalue weighted by Crippen LogP contribution is 2.77. The van der Waals surface area contributed by atoms with Gasteiger partial charge < -0.3 is 0 Å². The van der Waals surface area contributed by atoms with E-state index in [-0.39, 0.29) is 16.2 Å². The lowest BCUT2D eigenvalue weighted by Gasteiger charge is -2.17. The third kappa shape index (κ3) is 3.66. The molecule has 0 saturated heterocycles. The highest BCUT2D eigenvalue weighted by atomic mass is 14.9. The van der Waals surface area contributed by atoms with Gasteiger partial charge in [-0.3, -0.25) is 0 Å². The Balaban J connectivity index is 0.00000133. The molecule has 1 saturated carbocycles. The van der Waals surface area contributed by atoms with Gasteiger partial charge in [-0.1, -0.05) is 133 Å². The zero-order valence-corrected chi connectivity index (χ0v) is 21.6. The molecule has 2 heteroatoms. The largest absolute Gasteiger partial charge is 0.228 e. The van der Waals surface area contributed by atoms with Crippen LogP contribution in [-0.2, 0) is 5.41 Å². The second-order valence-electron chi connectivity index (χ2n) is 10.1. The van der Waals surface area contributed by atoms with E-state index in [2.05, 4.69) is 89.2 Å². The zero-order chi connectivity index (χ0) is 24.6. The van der Waals surface area contributed by atoms with Crippen LogP contribution in [0.2, 0.25) is 0 Å². The first kappa shape index (κ1) is 23.9. The van der Waals surface area contributed by atoms with Gasteiger partial charge in [-0.05, 0) is 22.5 Å². The Morgan fingerprint density at radius 2 is 0.912 bits per heavy atom. The Morgan fingerprint density at radius 1 is 0.500 bits per heavy atom. The van der Waals surface area contributed by atoms with Gasteiger partial charge in [-0.2, -0.15) is 0 Å². The summed E-state index contributed by atoms with van der Waals surface area (Å²) in [4.78, 5) is 9.91. The Bertz CT molecular complexity index is 1180. The molecule has 0 amide bonds. The molecule has 1 aromatic heterocycles. The number of rotatable bonds is 4. The average Bonchev–Trinajstić information content (AvgIpc) is 3.22. The fourth-order valence-corrected chi connectivity index (χ4v) is 5.36. The highest BCUT2D eigenvalue weighted by Gasteiger charge is 2.74. The average molecular weight is 449 g/mol. The SMILES string of the molecule is CC.CC1(C)C(C)(C)C1(C)c1ccc(-c2nc(-c3ccccc3)cc(-c3ccccc3)n2)cc1. The van der Waals surface area contributed by atoms with Crippen molar-refractivity contribution >= 4 is 0 Å². The smallest absolute Gasteiger partial charge is 0.160 e. The predicted octanol–water partition coefficient (Wildman–Crippen LogP) is 8.83. The number of aromatic nitrogens is 2. The summed E-state index contributed by atoms with van der Waals surface area (Å²) in [5.41, 5.74) is 7.21. The van der Waals surface area contributed by atoms with E-state index in [0.717, 1.165) is 33.9 Å². The Morgan fingerprint density at radius 3 is 1.29 bits per heavy atom. The first-order valence-corrected chi connectivity index (χ1v) is 12.4. The van der Waals surface area contributed by atoms with Gasteiger partial charge in [0.1, 0.15) is 0 Å². The lowest BCUT2D eigenvalue weighted by atomic mass is 9.87. The van der Waals surface area contributed by atoms with Crippen molar-refractivity contribution < 1.29 is 0 Å². The van der Waals surface area contributed by atoms with Crippen LogP contribution in [0.3, 0.4) is 0 Å². The van der Waals surface area contributed by atoms with E-state index in [1.54, 1.807) is 0 Å². The minimum absolute atomic E-state index is 0.167. The van der Waals surface area contributed by atoms with Crippen molar-refractivity contribution in [3.05, 3.63) is 96.6 Å². The summed E-state index contributed by atoms with van der Waals surface area (Å²) < 4.78 is 0.